The van der Waals surface area contributed by atoms with Crippen LogP contribution in [0.4, 0.5) is 17.6 Å². The van der Waals surface area contributed by atoms with Crippen LogP contribution in [0, 0.1) is 23.2 Å². The van der Waals surface area contributed by atoms with Crippen LogP contribution in [0.15, 0.2) is 18.2 Å². The Kier molecular flexibility index (Phi) is 7.14. The van der Waals surface area contributed by atoms with Crippen LogP contribution in [0.2, 0.25) is 10.0 Å². The number of hydrogen-bond acceptors (Lipinski definition) is 4. The van der Waals surface area contributed by atoms with Gasteiger partial charge in [-0.1, -0.05) is 23.2 Å². The lowest BCUT2D eigenvalue weighted by atomic mass is 9.71. The summed E-state index contributed by atoms with van der Waals surface area (Å²) in [6.07, 6.45) is -0.638. The summed E-state index contributed by atoms with van der Waals surface area (Å²) in [5, 5.41) is 14.1. The van der Waals surface area contributed by atoms with E-state index in [4.69, 9.17) is 23.2 Å². The minimum atomic E-state index is -4.21. The molecule has 5 unspecified atom stereocenters. The van der Waals surface area contributed by atoms with Crippen molar-refractivity contribution in [2.24, 2.45) is 11.8 Å². The van der Waals surface area contributed by atoms with Crippen LogP contribution in [-0.4, -0.2) is 53.2 Å². The normalized spacial score (nSPS) is 27.8. The lowest BCUT2D eigenvalue weighted by molar-refractivity contribution is -0.207. The summed E-state index contributed by atoms with van der Waals surface area (Å²) in [5.74, 6) is -13.1. The molecule has 0 aromatic heterocycles. The molecule has 2 N–H and O–H groups in total. The number of carbonyl (C=O) groups is 3. The number of fused-ring (bicyclic) bond motifs is 3. The maximum absolute atomic E-state index is 15.4. The van der Waals surface area contributed by atoms with Crippen LogP contribution in [0.1, 0.15) is 37.7 Å². The minimum Gasteiger partial charge on any atom is -0.356 e. The number of carbonyl (C=O) groups excluding carboxylic acids is 3. The molecule has 0 radical (unpaired) electrons. The fraction of sp³-hybridized carbons (Fsp3) is 0.565. The van der Waals surface area contributed by atoms with Crippen LogP contribution in [0.3, 0.4) is 0 Å². The Labute approximate surface area is 214 Å². The van der Waals surface area contributed by atoms with E-state index in [9.17, 15) is 28.4 Å². The Morgan fingerprint density at radius 1 is 1.22 bits per heavy atom. The second-order valence-electron chi connectivity index (χ2n) is 9.40. The number of benzene rings is 1. The predicted octanol–water partition coefficient (Wildman–Crippen LogP) is 3.63. The highest BCUT2D eigenvalue weighted by Crippen LogP contribution is 2.50. The summed E-state index contributed by atoms with van der Waals surface area (Å²) in [6, 6.07) is 0.232. The average Bonchev–Trinajstić information content (AvgIpc) is 3.20. The molecule has 1 aliphatic carbocycles. The molecule has 13 heteroatoms. The molecule has 36 heavy (non-hydrogen) atoms. The highest BCUT2D eigenvalue weighted by atomic mass is 35.5. The van der Waals surface area contributed by atoms with Crippen molar-refractivity contribution < 1.29 is 31.9 Å². The average molecular weight is 549 g/mol. The van der Waals surface area contributed by atoms with Gasteiger partial charge in [0.05, 0.1) is 12.0 Å². The van der Waals surface area contributed by atoms with E-state index in [2.05, 4.69) is 10.6 Å². The first-order chi connectivity index (χ1) is 16.8. The topological polar surface area (TPSA) is 102 Å². The third kappa shape index (κ3) is 4.85. The van der Waals surface area contributed by atoms with Gasteiger partial charge in [0.2, 0.25) is 11.8 Å². The molecule has 1 aromatic carbocycles. The second-order valence-corrected chi connectivity index (χ2v) is 10.3. The van der Waals surface area contributed by atoms with Gasteiger partial charge in [-0.3, -0.25) is 14.4 Å². The van der Waals surface area contributed by atoms with Gasteiger partial charge in [0, 0.05) is 40.5 Å². The van der Waals surface area contributed by atoms with Crippen molar-refractivity contribution in [3.63, 3.8) is 0 Å². The number of piperidine rings is 2. The van der Waals surface area contributed by atoms with Crippen molar-refractivity contribution in [1.29, 1.82) is 5.26 Å². The van der Waals surface area contributed by atoms with E-state index in [1.807, 2.05) is 6.07 Å². The Bertz CT molecular complexity index is 1110. The molecule has 3 amide bonds. The number of rotatable bonds is 6. The first-order valence-electron chi connectivity index (χ1n) is 11.4. The number of alkyl halides is 4. The van der Waals surface area contributed by atoms with Crippen LogP contribution >= 0.6 is 23.2 Å². The van der Waals surface area contributed by atoms with E-state index in [-0.39, 0.29) is 35.2 Å². The van der Waals surface area contributed by atoms with Crippen LogP contribution in [0.5, 0.6) is 0 Å². The maximum Gasteiger partial charge on any atom is 0.350 e. The van der Waals surface area contributed by atoms with Crippen molar-refractivity contribution in [3.8, 4) is 6.07 Å². The SMILES string of the molecule is N#CC(CC1CCNC1=O)NC(=O)C1C2CCC(CC2(F)F)N1C(=O)C(F)(F)c1cc(Cl)cc(Cl)c1. The Morgan fingerprint density at radius 2 is 1.89 bits per heavy atom. The molecule has 1 aromatic rings. The quantitative estimate of drug-likeness (QED) is 0.530. The number of amides is 3. The van der Waals surface area contributed by atoms with Gasteiger partial charge in [-0.25, -0.2) is 8.78 Å². The Morgan fingerprint density at radius 3 is 2.44 bits per heavy atom. The molecular weight excluding hydrogens is 527 g/mol. The molecule has 5 rings (SSSR count). The third-order valence-corrected chi connectivity index (χ3v) is 7.52. The summed E-state index contributed by atoms with van der Waals surface area (Å²) in [5.41, 5.74) is -0.834. The van der Waals surface area contributed by atoms with Gasteiger partial charge in [0.25, 0.3) is 11.8 Å². The molecule has 3 aliphatic heterocycles. The lowest BCUT2D eigenvalue weighted by Gasteiger charge is -2.54. The fourth-order valence-corrected chi connectivity index (χ4v) is 5.90. The number of nitriles is 1. The van der Waals surface area contributed by atoms with Crippen LogP contribution < -0.4 is 10.6 Å². The largest absolute Gasteiger partial charge is 0.356 e. The summed E-state index contributed by atoms with van der Waals surface area (Å²) in [4.78, 5) is 38.8. The molecule has 3 heterocycles. The van der Waals surface area contributed by atoms with E-state index in [1.165, 1.54) is 6.07 Å². The summed E-state index contributed by atoms with van der Waals surface area (Å²) >= 11 is 11.6. The van der Waals surface area contributed by atoms with Crippen molar-refractivity contribution in [1.82, 2.24) is 15.5 Å². The van der Waals surface area contributed by atoms with Crippen molar-refractivity contribution in [2.45, 2.75) is 62.1 Å². The summed E-state index contributed by atoms with van der Waals surface area (Å²) < 4.78 is 60.4. The van der Waals surface area contributed by atoms with Gasteiger partial charge in [-0.15, -0.1) is 0 Å². The van der Waals surface area contributed by atoms with Crippen LogP contribution in [0.25, 0.3) is 0 Å². The van der Waals surface area contributed by atoms with E-state index < -0.39 is 65.6 Å². The predicted molar refractivity (Wildman–Crippen MR) is 120 cm³/mol. The van der Waals surface area contributed by atoms with E-state index in [0.717, 1.165) is 12.1 Å². The zero-order valence-electron chi connectivity index (χ0n) is 18.7. The zero-order chi connectivity index (χ0) is 26.4. The second kappa shape index (κ2) is 9.71. The first kappa shape index (κ1) is 26.5. The Hall–Kier alpha value is -2.58. The van der Waals surface area contributed by atoms with Gasteiger partial charge in [-0.05, 0) is 43.9 Å². The van der Waals surface area contributed by atoms with Gasteiger partial charge in [-0.2, -0.15) is 14.0 Å². The molecule has 4 fully saturated rings. The molecule has 5 atom stereocenters. The molecule has 2 bridgehead atoms. The number of halogens is 6. The summed E-state index contributed by atoms with van der Waals surface area (Å²) in [7, 11) is 0. The van der Waals surface area contributed by atoms with Gasteiger partial charge in [0.15, 0.2) is 0 Å². The third-order valence-electron chi connectivity index (χ3n) is 7.09. The lowest BCUT2D eigenvalue weighted by Crippen LogP contribution is -2.70. The molecule has 7 nitrogen and oxygen atoms in total. The number of nitrogens with zero attached hydrogens (tertiary/aromatic N) is 2. The van der Waals surface area contributed by atoms with E-state index in [0.29, 0.717) is 17.9 Å². The van der Waals surface area contributed by atoms with Crippen molar-refractivity contribution >= 4 is 40.9 Å². The molecule has 1 saturated carbocycles. The van der Waals surface area contributed by atoms with Gasteiger partial charge < -0.3 is 15.5 Å². The molecule has 0 spiro atoms. The maximum atomic E-state index is 15.4. The number of hydrogen-bond donors (Lipinski definition) is 2. The standard InChI is InChI=1S/C23H22Cl2F4N4O3/c24-13-6-12(7-14(25)8-13)23(28,29)21(36)33-16-1-2-17(22(26,27)9-16)18(33)20(35)32-15(10-30)5-11-3-4-31-19(11)34/h6-8,11,15-18H,1-5,9H2,(H,31,34)(H,32,35). The highest BCUT2D eigenvalue weighted by molar-refractivity contribution is 6.34. The van der Waals surface area contributed by atoms with E-state index >= 15 is 8.78 Å². The Balaban J connectivity index is 1.63. The molecule has 4 aliphatic rings. The smallest absolute Gasteiger partial charge is 0.350 e. The zero-order valence-corrected chi connectivity index (χ0v) is 20.3. The van der Waals surface area contributed by atoms with Crippen LogP contribution in [-0.2, 0) is 20.3 Å². The van der Waals surface area contributed by atoms with Crippen molar-refractivity contribution in [2.75, 3.05) is 6.54 Å². The highest BCUT2D eigenvalue weighted by Gasteiger charge is 2.63. The monoisotopic (exact) mass is 548 g/mol. The summed E-state index contributed by atoms with van der Waals surface area (Å²) in [6.45, 7) is 0.402. The number of nitrogens with one attached hydrogen (secondary N) is 2. The molecule has 3 saturated heterocycles. The van der Waals surface area contributed by atoms with Gasteiger partial charge in [0.1, 0.15) is 12.1 Å². The minimum absolute atomic E-state index is 0.0199. The molecular formula is C23H22Cl2F4N4O3. The first-order valence-corrected chi connectivity index (χ1v) is 12.1. The van der Waals surface area contributed by atoms with Crippen molar-refractivity contribution in [3.05, 3.63) is 33.8 Å². The fourth-order valence-electron chi connectivity index (χ4n) is 5.38. The van der Waals surface area contributed by atoms with Gasteiger partial charge >= 0.3 is 5.92 Å². The molecule has 194 valence electrons. The van der Waals surface area contributed by atoms with E-state index in [1.54, 1.807) is 0 Å².